The number of hydrogen-bond acceptors (Lipinski definition) is 5. The molecule has 5 aromatic rings. The zero-order valence-electron chi connectivity index (χ0n) is 23.1. The number of aromatic nitrogens is 4. The van der Waals surface area contributed by atoms with Gasteiger partial charge in [-0.05, 0) is 55.0 Å². The first-order valence-corrected chi connectivity index (χ1v) is 13.5. The van der Waals surface area contributed by atoms with Gasteiger partial charge in [-0.15, -0.1) is 0 Å². The SMILES string of the molecule is CCCCc1nc(C)n(Cc2cccc(F)c2F)c(=O)c1Cc1ccc(-c2c(C)cccc2-c2noc(=O)[nH]2)cc1. The Morgan fingerprint density at radius 2 is 1.73 bits per heavy atom. The first-order chi connectivity index (χ1) is 19.8. The molecule has 0 aliphatic rings. The molecule has 210 valence electrons. The number of hydrogen-bond donors (Lipinski definition) is 1. The highest BCUT2D eigenvalue weighted by Crippen LogP contribution is 2.33. The highest BCUT2D eigenvalue weighted by Gasteiger charge is 2.18. The Hall–Kier alpha value is -4.66. The van der Waals surface area contributed by atoms with Crippen LogP contribution < -0.4 is 11.3 Å². The molecule has 0 saturated heterocycles. The summed E-state index contributed by atoms with van der Waals surface area (Å²) >= 11 is 0. The molecule has 0 atom stereocenters. The van der Waals surface area contributed by atoms with Crippen molar-refractivity contribution in [1.82, 2.24) is 19.7 Å². The first-order valence-electron chi connectivity index (χ1n) is 13.5. The molecular formula is C32H30F2N4O3. The minimum Gasteiger partial charge on any atom is -0.296 e. The van der Waals surface area contributed by atoms with Gasteiger partial charge in [-0.2, -0.15) is 0 Å². The van der Waals surface area contributed by atoms with Crippen molar-refractivity contribution in [3.8, 4) is 22.5 Å². The molecular weight excluding hydrogens is 526 g/mol. The smallest absolute Gasteiger partial charge is 0.296 e. The van der Waals surface area contributed by atoms with Gasteiger partial charge >= 0.3 is 5.76 Å². The van der Waals surface area contributed by atoms with Crippen LogP contribution in [0.1, 0.15) is 53.5 Å². The monoisotopic (exact) mass is 556 g/mol. The molecule has 7 nitrogen and oxygen atoms in total. The van der Waals surface area contributed by atoms with Gasteiger partial charge in [0.15, 0.2) is 17.5 Å². The van der Waals surface area contributed by atoms with E-state index in [9.17, 15) is 18.4 Å². The number of rotatable bonds is 9. The maximum absolute atomic E-state index is 14.5. The fraction of sp³-hybridized carbons (Fsp3) is 0.250. The van der Waals surface area contributed by atoms with Crippen LogP contribution in [0.15, 0.2) is 74.8 Å². The molecule has 9 heteroatoms. The van der Waals surface area contributed by atoms with E-state index in [4.69, 9.17) is 9.51 Å². The Balaban J connectivity index is 1.51. The third kappa shape index (κ3) is 5.79. The number of nitrogens with zero attached hydrogens (tertiary/aromatic N) is 3. The molecule has 2 heterocycles. The Bertz CT molecular complexity index is 1820. The minimum absolute atomic E-state index is 0.0936. The van der Waals surface area contributed by atoms with Crippen LogP contribution in [0.3, 0.4) is 0 Å². The summed E-state index contributed by atoms with van der Waals surface area (Å²) in [6.07, 6.45) is 2.81. The molecule has 0 amide bonds. The predicted molar refractivity (Wildman–Crippen MR) is 153 cm³/mol. The van der Waals surface area contributed by atoms with Gasteiger partial charge in [0.1, 0.15) is 5.82 Å². The van der Waals surface area contributed by atoms with Gasteiger partial charge in [-0.3, -0.25) is 18.9 Å². The number of unbranched alkanes of at least 4 members (excludes halogenated alkanes) is 1. The largest absolute Gasteiger partial charge is 0.439 e. The van der Waals surface area contributed by atoms with Crippen LogP contribution in [-0.4, -0.2) is 19.7 Å². The van der Waals surface area contributed by atoms with Crippen molar-refractivity contribution in [2.75, 3.05) is 0 Å². The highest BCUT2D eigenvalue weighted by molar-refractivity contribution is 5.83. The van der Waals surface area contributed by atoms with Gasteiger partial charge in [0.25, 0.3) is 5.56 Å². The first kappa shape index (κ1) is 27.9. The predicted octanol–water partition coefficient (Wildman–Crippen LogP) is 6.13. The Labute approximate surface area is 235 Å². The molecule has 3 aromatic carbocycles. The Kier molecular flexibility index (Phi) is 8.05. The minimum atomic E-state index is -0.962. The molecule has 0 spiro atoms. The maximum atomic E-state index is 14.5. The zero-order valence-corrected chi connectivity index (χ0v) is 23.1. The third-order valence-electron chi connectivity index (χ3n) is 7.26. The lowest BCUT2D eigenvalue weighted by Gasteiger charge is -2.16. The van der Waals surface area contributed by atoms with Gasteiger partial charge in [-0.1, -0.05) is 73.1 Å². The molecule has 41 heavy (non-hydrogen) atoms. The number of nitrogens with one attached hydrogen (secondary N) is 1. The lowest BCUT2D eigenvalue weighted by molar-refractivity contribution is 0.388. The Morgan fingerprint density at radius 1 is 0.976 bits per heavy atom. The van der Waals surface area contributed by atoms with Gasteiger partial charge in [0.05, 0.1) is 12.2 Å². The van der Waals surface area contributed by atoms with Crippen molar-refractivity contribution in [3.63, 3.8) is 0 Å². The number of aryl methyl sites for hydroxylation is 3. The van der Waals surface area contributed by atoms with Crippen LogP contribution >= 0.6 is 0 Å². The molecule has 2 aromatic heterocycles. The summed E-state index contributed by atoms with van der Waals surface area (Å²) in [6.45, 7) is 5.66. The molecule has 0 radical (unpaired) electrons. The second kappa shape index (κ2) is 11.8. The molecule has 0 saturated carbocycles. The van der Waals surface area contributed by atoms with Crippen LogP contribution in [0, 0.1) is 25.5 Å². The van der Waals surface area contributed by atoms with Crippen molar-refractivity contribution in [3.05, 3.63) is 127 Å². The van der Waals surface area contributed by atoms with Crippen molar-refractivity contribution in [2.45, 2.75) is 53.0 Å². The van der Waals surface area contributed by atoms with E-state index in [-0.39, 0.29) is 17.7 Å². The summed E-state index contributed by atoms with van der Waals surface area (Å²) in [6, 6.07) is 17.5. The van der Waals surface area contributed by atoms with Gasteiger partial charge in [0.2, 0.25) is 0 Å². The number of halogens is 2. The maximum Gasteiger partial charge on any atom is 0.439 e. The molecule has 0 aliphatic carbocycles. The second-order valence-electron chi connectivity index (χ2n) is 10.1. The summed E-state index contributed by atoms with van der Waals surface area (Å²) in [7, 11) is 0. The quantitative estimate of drug-likeness (QED) is 0.236. The third-order valence-corrected chi connectivity index (χ3v) is 7.26. The van der Waals surface area contributed by atoms with E-state index >= 15 is 0 Å². The standard InChI is InChI=1S/C32H30F2N4O3/c1-4-5-12-27-25(31(39)38(20(3)35-27)18-23-9-7-11-26(33)29(23)34)17-21-13-15-22(16-14-21)28-19(2)8-6-10-24(28)30-36-32(40)41-37-30/h6-11,13-16H,4-5,12,17-18H2,1-3H3,(H,36,37,40). The molecule has 0 unspecified atom stereocenters. The van der Waals surface area contributed by atoms with Crippen LogP contribution in [-0.2, 0) is 19.4 Å². The van der Waals surface area contributed by atoms with E-state index in [0.717, 1.165) is 52.4 Å². The Morgan fingerprint density at radius 3 is 2.44 bits per heavy atom. The number of H-pyrrole nitrogens is 1. The second-order valence-corrected chi connectivity index (χ2v) is 10.1. The van der Waals surface area contributed by atoms with Gasteiger partial charge in [-0.25, -0.2) is 18.6 Å². The average Bonchev–Trinajstić information content (AvgIpc) is 3.40. The summed E-state index contributed by atoms with van der Waals surface area (Å²) in [5.74, 6) is -1.73. The average molecular weight is 557 g/mol. The zero-order chi connectivity index (χ0) is 29.1. The summed E-state index contributed by atoms with van der Waals surface area (Å²) in [5, 5.41) is 3.85. The summed E-state index contributed by atoms with van der Waals surface area (Å²) in [4.78, 5) is 32.7. The summed E-state index contributed by atoms with van der Waals surface area (Å²) < 4.78 is 34.4. The molecule has 1 N–H and O–H groups in total. The summed E-state index contributed by atoms with van der Waals surface area (Å²) in [5.41, 5.74) is 5.57. The molecule has 0 aliphatic heterocycles. The molecule has 0 fully saturated rings. The van der Waals surface area contributed by atoms with E-state index in [1.165, 1.54) is 16.7 Å². The van der Waals surface area contributed by atoms with E-state index in [0.29, 0.717) is 30.1 Å². The van der Waals surface area contributed by atoms with Crippen molar-refractivity contribution in [2.24, 2.45) is 0 Å². The van der Waals surface area contributed by atoms with Crippen LogP contribution in [0.2, 0.25) is 0 Å². The van der Waals surface area contributed by atoms with E-state index in [2.05, 4.69) is 17.1 Å². The van der Waals surface area contributed by atoms with Crippen molar-refractivity contribution >= 4 is 0 Å². The normalized spacial score (nSPS) is 11.2. The lowest BCUT2D eigenvalue weighted by Crippen LogP contribution is -2.30. The van der Waals surface area contributed by atoms with Gasteiger partial charge in [0, 0.05) is 23.1 Å². The highest BCUT2D eigenvalue weighted by atomic mass is 19.2. The fourth-order valence-electron chi connectivity index (χ4n) is 5.10. The van der Waals surface area contributed by atoms with Crippen LogP contribution in [0.4, 0.5) is 8.78 Å². The van der Waals surface area contributed by atoms with E-state index < -0.39 is 17.4 Å². The van der Waals surface area contributed by atoms with E-state index in [1.807, 2.05) is 49.4 Å². The van der Waals surface area contributed by atoms with Crippen molar-refractivity contribution < 1.29 is 13.3 Å². The van der Waals surface area contributed by atoms with Gasteiger partial charge < -0.3 is 0 Å². The molecule has 5 rings (SSSR count). The van der Waals surface area contributed by atoms with E-state index in [1.54, 1.807) is 6.92 Å². The fourth-order valence-corrected chi connectivity index (χ4v) is 5.10. The molecule has 0 bridgehead atoms. The topological polar surface area (TPSA) is 93.8 Å². The van der Waals surface area contributed by atoms with Crippen LogP contribution in [0.5, 0.6) is 0 Å². The lowest BCUT2D eigenvalue weighted by atomic mass is 9.93. The van der Waals surface area contributed by atoms with Crippen LogP contribution in [0.25, 0.3) is 22.5 Å². The van der Waals surface area contributed by atoms with Crippen molar-refractivity contribution in [1.29, 1.82) is 0 Å². The number of aromatic amines is 1. The number of benzene rings is 3.